The zero-order chi connectivity index (χ0) is 21.0. The van der Waals surface area contributed by atoms with Crippen molar-refractivity contribution >= 4 is 17.5 Å². The smallest absolute Gasteiger partial charge is 0.267 e. The number of hydrogen-bond donors (Lipinski definition) is 3. The topological polar surface area (TPSA) is 156 Å². The summed E-state index contributed by atoms with van der Waals surface area (Å²) in [6.45, 7) is 1.47. The van der Waals surface area contributed by atoms with E-state index in [2.05, 4.69) is 9.97 Å². The fourth-order valence-electron chi connectivity index (χ4n) is 2.32. The maximum Gasteiger partial charge on any atom is 0.267 e. The van der Waals surface area contributed by atoms with Crippen molar-refractivity contribution in [1.82, 2.24) is 9.97 Å². The van der Waals surface area contributed by atoms with E-state index < -0.39 is 17.9 Å². The molecule has 9 nitrogen and oxygen atoms in total. The average molecular weight is 393 g/mol. The Morgan fingerprint density at radius 1 is 0.931 bits per heavy atom. The molecule has 29 heavy (non-hydrogen) atoms. The number of nitrogens with two attached hydrogens (primary N) is 3. The van der Waals surface area contributed by atoms with Gasteiger partial charge in [-0.3, -0.25) is 9.59 Å². The van der Waals surface area contributed by atoms with Gasteiger partial charge in [-0.1, -0.05) is 0 Å². The summed E-state index contributed by atoms with van der Waals surface area (Å²) < 4.78 is 11.1. The molecule has 2 amide bonds. The summed E-state index contributed by atoms with van der Waals surface area (Å²) in [6, 6.07) is 15.1. The van der Waals surface area contributed by atoms with Gasteiger partial charge < -0.3 is 26.7 Å². The van der Waals surface area contributed by atoms with Crippen LogP contribution in [0.15, 0.2) is 54.6 Å². The molecule has 148 valence electrons. The molecule has 0 fully saturated rings. The van der Waals surface area contributed by atoms with Gasteiger partial charge in [0.2, 0.25) is 5.88 Å². The summed E-state index contributed by atoms with van der Waals surface area (Å²) in [6.07, 6.45) is -0.936. The van der Waals surface area contributed by atoms with E-state index in [0.717, 1.165) is 0 Å². The lowest BCUT2D eigenvalue weighted by molar-refractivity contribution is -0.124. The Morgan fingerprint density at radius 3 is 2.07 bits per heavy atom. The van der Waals surface area contributed by atoms with Crippen LogP contribution in [0.4, 0.5) is 5.69 Å². The predicted molar refractivity (Wildman–Crippen MR) is 106 cm³/mol. The second kappa shape index (κ2) is 8.26. The average Bonchev–Trinajstić information content (AvgIpc) is 2.70. The van der Waals surface area contributed by atoms with E-state index >= 15 is 0 Å². The molecule has 0 aliphatic rings. The number of nitrogens with zero attached hydrogens (tertiary/aromatic N) is 2. The fraction of sp³-hybridized carbons (Fsp3) is 0.100. The Balaban J connectivity index is 1.86. The van der Waals surface area contributed by atoms with Crippen LogP contribution in [0, 0.1) is 0 Å². The number of ether oxygens (including phenoxy) is 2. The van der Waals surface area contributed by atoms with Gasteiger partial charge in [0.25, 0.3) is 11.8 Å². The molecule has 2 aromatic carbocycles. The third kappa shape index (κ3) is 4.98. The van der Waals surface area contributed by atoms with E-state index in [4.69, 9.17) is 26.7 Å². The van der Waals surface area contributed by atoms with Crippen LogP contribution in [-0.2, 0) is 4.79 Å². The van der Waals surface area contributed by atoms with Gasteiger partial charge in [-0.05, 0) is 55.5 Å². The lowest BCUT2D eigenvalue weighted by Gasteiger charge is -2.12. The molecular weight excluding hydrogens is 374 g/mol. The summed E-state index contributed by atoms with van der Waals surface area (Å²) >= 11 is 0. The van der Waals surface area contributed by atoms with Gasteiger partial charge in [0.15, 0.2) is 11.9 Å². The number of amides is 2. The van der Waals surface area contributed by atoms with E-state index in [0.29, 0.717) is 22.7 Å². The zero-order valence-electron chi connectivity index (χ0n) is 15.5. The van der Waals surface area contributed by atoms with Crippen molar-refractivity contribution in [2.75, 3.05) is 5.73 Å². The Bertz CT molecular complexity index is 1040. The molecule has 0 aliphatic carbocycles. The Hall–Kier alpha value is -4.14. The number of aromatic nitrogens is 2. The van der Waals surface area contributed by atoms with Gasteiger partial charge in [0, 0.05) is 17.3 Å². The number of primary amides is 2. The maximum absolute atomic E-state index is 11.6. The summed E-state index contributed by atoms with van der Waals surface area (Å²) in [7, 11) is 0. The lowest BCUT2D eigenvalue weighted by Crippen LogP contribution is -2.31. The second-order valence-corrected chi connectivity index (χ2v) is 6.14. The molecule has 1 atom stereocenters. The molecular formula is C20H19N5O4. The van der Waals surface area contributed by atoms with Crippen LogP contribution in [0.2, 0.25) is 0 Å². The Labute approximate surface area is 166 Å². The fourth-order valence-corrected chi connectivity index (χ4v) is 2.32. The first-order valence-electron chi connectivity index (χ1n) is 8.60. The standard InChI is InChI=1S/C20H19N5O4/c1-11(18(22)26)28-17-10-16(19(23)27)24-20(25-17)12-2-6-14(7-3-12)29-15-8-4-13(21)5-9-15/h2-11H,21H2,1H3,(H2,22,26)(H2,23,27)/t11-/m0/s1. The first-order chi connectivity index (χ1) is 13.8. The van der Waals surface area contributed by atoms with Crippen molar-refractivity contribution in [3.05, 3.63) is 60.3 Å². The highest BCUT2D eigenvalue weighted by molar-refractivity contribution is 5.91. The van der Waals surface area contributed by atoms with Crippen molar-refractivity contribution in [2.24, 2.45) is 11.5 Å². The van der Waals surface area contributed by atoms with Crippen molar-refractivity contribution in [3.8, 4) is 28.8 Å². The van der Waals surface area contributed by atoms with Crippen LogP contribution in [-0.4, -0.2) is 27.9 Å². The second-order valence-electron chi connectivity index (χ2n) is 6.14. The number of rotatable bonds is 7. The quantitative estimate of drug-likeness (QED) is 0.517. The highest BCUT2D eigenvalue weighted by Crippen LogP contribution is 2.26. The number of hydrogen-bond acceptors (Lipinski definition) is 7. The van der Waals surface area contributed by atoms with Gasteiger partial charge in [0.05, 0.1) is 0 Å². The summed E-state index contributed by atoms with van der Waals surface area (Å²) in [5, 5.41) is 0. The van der Waals surface area contributed by atoms with Crippen LogP contribution in [0.1, 0.15) is 17.4 Å². The van der Waals surface area contributed by atoms with Gasteiger partial charge in [0.1, 0.15) is 17.2 Å². The minimum Gasteiger partial charge on any atom is -0.464 e. The number of carbonyl (C=O) groups excluding carboxylic acids is 2. The van der Waals surface area contributed by atoms with Crippen LogP contribution < -0.4 is 26.7 Å². The van der Waals surface area contributed by atoms with E-state index in [9.17, 15) is 9.59 Å². The third-order valence-electron chi connectivity index (χ3n) is 3.88. The maximum atomic E-state index is 11.6. The molecule has 0 saturated carbocycles. The summed E-state index contributed by atoms with van der Waals surface area (Å²) in [5.74, 6) is 0.00579. The SMILES string of the molecule is C[C@H](Oc1cc(C(N)=O)nc(-c2ccc(Oc3ccc(N)cc3)cc2)n1)C(N)=O. The minimum absolute atomic E-state index is 0.0114. The number of anilines is 1. The highest BCUT2D eigenvalue weighted by atomic mass is 16.5. The molecule has 9 heteroatoms. The predicted octanol–water partition coefficient (Wildman–Crippen LogP) is 1.87. The van der Waals surface area contributed by atoms with E-state index in [-0.39, 0.29) is 17.4 Å². The molecule has 6 N–H and O–H groups in total. The van der Waals surface area contributed by atoms with Crippen LogP contribution in [0.3, 0.4) is 0 Å². The van der Waals surface area contributed by atoms with Crippen molar-refractivity contribution < 1.29 is 19.1 Å². The molecule has 0 aliphatic heterocycles. The zero-order valence-corrected chi connectivity index (χ0v) is 15.5. The molecule has 0 bridgehead atoms. The number of benzene rings is 2. The molecule has 3 rings (SSSR count). The van der Waals surface area contributed by atoms with E-state index in [1.54, 1.807) is 48.5 Å². The van der Waals surface area contributed by atoms with Crippen LogP contribution in [0.25, 0.3) is 11.4 Å². The van der Waals surface area contributed by atoms with E-state index in [1.165, 1.54) is 13.0 Å². The van der Waals surface area contributed by atoms with Crippen molar-refractivity contribution in [2.45, 2.75) is 13.0 Å². The number of carbonyl (C=O) groups is 2. The van der Waals surface area contributed by atoms with Gasteiger partial charge in [-0.2, -0.15) is 4.98 Å². The van der Waals surface area contributed by atoms with Crippen molar-refractivity contribution in [3.63, 3.8) is 0 Å². The first kappa shape index (κ1) is 19.6. The monoisotopic (exact) mass is 393 g/mol. The Morgan fingerprint density at radius 2 is 1.52 bits per heavy atom. The lowest BCUT2D eigenvalue weighted by atomic mass is 10.2. The van der Waals surface area contributed by atoms with Crippen molar-refractivity contribution in [1.29, 1.82) is 0 Å². The molecule has 1 aromatic heterocycles. The highest BCUT2D eigenvalue weighted by Gasteiger charge is 2.16. The third-order valence-corrected chi connectivity index (χ3v) is 3.88. The Kier molecular flexibility index (Phi) is 5.59. The summed E-state index contributed by atoms with van der Waals surface area (Å²) in [5.41, 5.74) is 17.4. The normalized spacial score (nSPS) is 11.5. The molecule has 0 spiro atoms. The number of nitrogen functional groups attached to an aromatic ring is 1. The van der Waals surface area contributed by atoms with Gasteiger partial charge in [-0.25, -0.2) is 4.98 Å². The molecule has 0 radical (unpaired) electrons. The van der Waals surface area contributed by atoms with Gasteiger partial charge in [-0.15, -0.1) is 0 Å². The van der Waals surface area contributed by atoms with Crippen LogP contribution >= 0.6 is 0 Å². The molecule has 3 aromatic rings. The molecule has 1 heterocycles. The largest absolute Gasteiger partial charge is 0.464 e. The van der Waals surface area contributed by atoms with Gasteiger partial charge >= 0.3 is 0 Å². The minimum atomic E-state index is -0.936. The summed E-state index contributed by atoms with van der Waals surface area (Å²) in [4.78, 5) is 31.2. The van der Waals surface area contributed by atoms with Crippen LogP contribution in [0.5, 0.6) is 17.4 Å². The molecule has 0 unspecified atom stereocenters. The van der Waals surface area contributed by atoms with E-state index in [1.807, 2.05) is 0 Å². The first-order valence-corrected chi connectivity index (χ1v) is 8.60. The molecule has 0 saturated heterocycles.